The van der Waals surface area contributed by atoms with Crippen LogP contribution in [0.5, 0.6) is 0 Å². The number of halogens is 4. The summed E-state index contributed by atoms with van der Waals surface area (Å²) in [4.78, 5) is 45.3. The number of benzene rings is 2. The van der Waals surface area contributed by atoms with Gasteiger partial charge in [-0.2, -0.15) is 9.57 Å². The lowest BCUT2D eigenvalue weighted by atomic mass is 10.0. The molecule has 0 radical (unpaired) electrons. The van der Waals surface area contributed by atoms with Crippen LogP contribution in [-0.4, -0.2) is 104 Å². The summed E-state index contributed by atoms with van der Waals surface area (Å²) in [6.45, 7) is -0.612. The molecule has 2 aromatic carbocycles. The van der Waals surface area contributed by atoms with Gasteiger partial charge in [-0.1, -0.05) is 41.4 Å². The summed E-state index contributed by atoms with van der Waals surface area (Å²) in [5, 5.41) is 14.8. The quantitative estimate of drug-likeness (QED) is 0.188. The minimum atomic E-state index is -4.42. The average Bonchev–Trinajstić information content (AvgIpc) is 3.59. The van der Waals surface area contributed by atoms with Gasteiger partial charge in [0.25, 0.3) is 11.8 Å². The van der Waals surface area contributed by atoms with Gasteiger partial charge in [0.1, 0.15) is 18.7 Å². The lowest BCUT2D eigenvalue weighted by Crippen LogP contribution is -2.51. The van der Waals surface area contributed by atoms with Crippen molar-refractivity contribution in [1.82, 2.24) is 19.5 Å². The molecule has 282 valence electrons. The first-order valence-corrected chi connectivity index (χ1v) is 18.7. The predicted molar refractivity (Wildman–Crippen MR) is 190 cm³/mol. The molecule has 3 heterocycles. The van der Waals surface area contributed by atoms with Gasteiger partial charge in [-0.25, -0.2) is 22.0 Å². The monoisotopic (exact) mass is 792 g/mol. The zero-order valence-electron chi connectivity index (χ0n) is 28.4. The normalized spacial score (nSPS) is 19.5. The van der Waals surface area contributed by atoms with E-state index in [-0.39, 0.29) is 71.5 Å². The van der Waals surface area contributed by atoms with Crippen molar-refractivity contribution >= 4 is 56.7 Å². The SMILES string of the molecule is COCCOC(=O)[C@H](Cc1ccc(NC(=O)c2c(Cl)cncc2Cl)cc1)NC(=O)[C@@H]1C[C@@H](N2CCCC(F)(F)C2)CN1S(=O)(=O)c1cccc(C#N)c1. The number of ether oxygens (including phenoxy) is 2. The van der Waals surface area contributed by atoms with Crippen molar-refractivity contribution < 1.29 is 41.1 Å². The summed E-state index contributed by atoms with van der Waals surface area (Å²) in [6.07, 6.45) is 2.25. The summed E-state index contributed by atoms with van der Waals surface area (Å²) in [5.41, 5.74) is 1.01. The number of carbonyl (C=O) groups is 3. The molecule has 13 nitrogen and oxygen atoms in total. The Balaban J connectivity index is 1.38. The van der Waals surface area contributed by atoms with E-state index >= 15 is 0 Å². The molecule has 0 unspecified atom stereocenters. The van der Waals surface area contributed by atoms with Crippen LogP contribution in [0.2, 0.25) is 10.0 Å². The summed E-state index contributed by atoms with van der Waals surface area (Å²) in [6, 6.07) is 10.1. The van der Waals surface area contributed by atoms with Crippen LogP contribution in [0.25, 0.3) is 0 Å². The van der Waals surface area contributed by atoms with Crippen molar-refractivity contribution in [1.29, 1.82) is 5.26 Å². The third kappa shape index (κ3) is 9.85. The third-order valence-electron chi connectivity index (χ3n) is 8.91. The Bertz CT molecular complexity index is 1960. The van der Waals surface area contributed by atoms with Crippen molar-refractivity contribution in [3.63, 3.8) is 0 Å². The molecule has 2 aliphatic rings. The van der Waals surface area contributed by atoms with Crippen LogP contribution in [0.15, 0.2) is 65.8 Å². The predicted octanol–water partition coefficient (Wildman–Crippen LogP) is 4.29. The maximum atomic E-state index is 14.5. The van der Waals surface area contributed by atoms with Crippen LogP contribution in [0, 0.1) is 11.3 Å². The van der Waals surface area contributed by atoms with Crippen LogP contribution in [-0.2, 0) is 35.5 Å². The Labute approximate surface area is 315 Å². The molecule has 0 bridgehead atoms. The largest absolute Gasteiger partial charge is 0.462 e. The summed E-state index contributed by atoms with van der Waals surface area (Å²) in [5.74, 6) is -5.21. The number of nitrogens with zero attached hydrogens (tertiary/aromatic N) is 4. The number of nitriles is 1. The van der Waals surface area contributed by atoms with E-state index in [1.165, 1.54) is 48.7 Å². The highest BCUT2D eigenvalue weighted by molar-refractivity contribution is 7.89. The van der Waals surface area contributed by atoms with Crippen molar-refractivity contribution in [3.05, 3.63) is 87.7 Å². The Kier molecular flexibility index (Phi) is 13.0. The smallest absolute Gasteiger partial charge is 0.329 e. The van der Waals surface area contributed by atoms with Crippen LogP contribution in [0.3, 0.4) is 0 Å². The zero-order valence-corrected chi connectivity index (χ0v) is 30.8. The van der Waals surface area contributed by atoms with Crippen molar-refractivity contribution in [2.75, 3.05) is 45.3 Å². The second kappa shape index (κ2) is 17.3. The summed E-state index contributed by atoms with van der Waals surface area (Å²) in [7, 11) is -3.00. The van der Waals surface area contributed by atoms with E-state index in [9.17, 15) is 36.8 Å². The number of likely N-dealkylation sites (tertiary alicyclic amines) is 1. The molecule has 0 saturated carbocycles. The van der Waals surface area contributed by atoms with Gasteiger partial charge in [0, 0.05) is 50.6 Å². The molecule has 18 heteroatoms. The molecular formula is C35H36Cl2F2N6O7S. The lowest BCUT2D eigenvalue weighted by molar-refractivity contribution is -0.149. The first-order chi connectivity index (χ1) is 25.2. The average molecular weight is 794 g/mol. The van der Waals surface area contributed by atoms with Gasteiger partial charge in [-0.05, 0) is 55.3 Å². The van der Waals surface area contributed by atoms with Gasteiger partial charge in [0.05, 0.1) is 45.3 Å². The van der Waals surface area contributed by atoms with E-state index in [4.69, 9.17) is 32.7 Å². The molecule has 0 aliphatic carbocycles. The number of aromatic nitrogens is 1. The molecular weight excluding hydrogens is 757 g/mol. The fraction of sp³-hybridized carbons (Fsp3) is 0.400. The third-order valence-corrected chi connectivity index (χ3v) is 11.4. The number of hydrogen-bond acceptors (Lipinski definition) is 10. The van der Waals surface area contributed by atoms with E-state index in [1.54, 1.807) is 24.3 Å². The molecule has 3 aromatic rings. The van der Waals surface area contributed by atoms with Crippen molar-refractivity contribution in [2.45, 2.75) is 54.6 Å². The maximum Gasteiger partial charge on any atom is 0.329 e. The number of anilines is 1. The van der Waals surface area contributed by atoms with E-state index < -0.39 is 58.4 Å². The number of pyridine rings is 1. The minimum Gasteiger partial charge on any atom is -0.462 e. The van der Waals surface area contributed by atoms with Gasteiger partial charge in [-0.15, -0.1) is 0 Å². The Morgan fingerprint density at radius 2 is 1.83 bits per heavy atom. The van der Waals surface area contributed by atoms with Crippen LogP contribution in [0.4, 0.5) is 14.5 Å². The van der Waals surface area contributed by atoms with Gasteiger partial charge >= 0.3 is 5.97 Å². The number of sulfonamides is 1. The van der Waals surface area contributed by atoms with Gasteiger partial charge in [-0.3, -0.25) is 19.5 Å². The van der Waals surface area contributed by atoms with E-state index in [0.29, 0.717) is 17.8 Å². The molecule has 1 aromatic heterocycles. The van der Waals surface area contributed by atoms with Crippen LogP contribution < -0.4 is 10.6 Å². The number of nitrogens with one attached hydrogen (secondary N) is 2. The fourth-order valence-electron chi connectivity index (χ4n) is 6.29. The summed E-state index contributed by atoms with van der Waals surface area (Å²) >= 11 is 12.2. The molecule has 5 rings (SSSR count). The van der Waals surface area contributed by atoms with Crippen LogP contribution >= 0.6 is 23.2 Å². The second-order valence-corrected chi connectivity index (χ2v) is 15.3. The number of methoxy groups -OCH3 is 1. The Morgan fingerprint density at radius 3 is 2.49 bits per heavy atom. The molecule has 2 saturated heterocycles. The topological polar surface area (TPSA) is 171 Å². The molecule has 3 atom stereocenters. The van der Waals surface area contributed by atoms with E-state index in [2.05, 4.69) is 15.6 Å². The number of esters is 1. The number of carbonyl (C=O) groups excluding carboxylic acids is 3. The maximum absolute atomic E-state index is 14.5. The summed E-state index contributed by atoms with van der Waals surface area (Å²) < 4.78 is 68.2. The molecule has 53 heavy (non-hydrogen) atoms. The van der Waals surface area contributed by atoms with E-state index in [1.807, 2.05) is 6.07 Å². The van der Waals surface area contributed by atoms with Crippen molar-refractivity contribution in [2.24, 2.45) is 0 Å². The second-order valence-electron chi connectivity index (χ2n) is 12.6. The first-order valence-electron chi connectivity index (χ1n) is 16.5. The molecule has 2 aliphatic heterocycles. The fourth-order valence-corrected chi connectivity index (χ4v) is 8.51. The number of alkyl halides is 2. The van der Waals surface area contributed by atoms with Gasteiger partial charge in [0.2, 0.25) is 15.9 Å². The highest BCUT2D eigenvalue weighted by atomic mass is 35.5. The highest BCUT2D eigenvalue weighted by Crippen LogP contribution is 2.34. The highest BCUT2D eigenvalue weighted by Gasteiger charge is 2.48. The first kappa shape index (κ1) is 40.0. The lowest BCUT2D eigenvalue weighted by Gasteiger charge is -2.36. The number of hydrogen-bond donors (Lipinski definition) is 2. The van der Waals surface area contributed by atoms with Crippen LogP contribution in [0.1, 0.15) is 40.7 Å². The molecule has 2 N–H and O–H groups in total. The van der Waals surface area contributed by atoms with Gasteiger partial charge in [0.15, 0.2) is 0 Å². The number of rotatable bonds is 13. The van der Waals surface area contributed by atoms with Crippen molar-refractivity contribution in [3.8, 4) is 6.07 Å². The number of piperidine rings is 1. The van der Waals surface area contributed by atoms with Gasteiger partial charge < -0.3 is 20.1 Å². The Morgan fingerprint density at radius 1 is 1.11 bits per heavy atom. The molecule has 2 amide bonds. The standard InChI is InChI=1S/C35H36Cl2F2N6O7S/c1-51-12-13-52-34(48)29(15-22-6-8-24(9-7-22)42-33(47)31-27(36)18-41-19-28(31)37)43-32(46)30-16-25(44-11-3-10-35(38,39)21-44)20-45(30)53(49,50)26-5-2-4-23(14-26)17-40/h2,4-9,14,18-19,25,29-30H,3,10-13,15-16,20-21H2,1H3,(H,42,47)(H,43,46)/t25-,29+,30+/m1/s1. The zero-order chi connectivity index (χ0) is 38.3. The minimum absolute atomic E-state index is 0.0333. The molecule has 2 fully saturated rings. The molecule has 0 spiro atoms. The van der Waals surface area contributed by atoms with E-state index in [0.717, 1.165) is 4.31 Å². The number of amides is 2. The Hall–Kier alpha value is -4.24.